The smallest absolute Gasteiger partial charge is 0.310 e. The average Bonchev–Trinajstić information content (AvgIpc) is 2.70. The van der Waals surface area contributed by atoms with E-state index < -0.39 is 0 Å². The van der Waals surface area contributed by atoms with E-state index in [1.807, 2.05) is 43.3 Å². The number of rotatable bonds is 7. The van der Waals surface area contributed by atoms with Crippen LogP contribution >= 0.6 is 0 Å². The predicted molar refractivity (Wildman–Crippen MR) is 107 cm³/mol. The zero-order chi connectivity index (χ0) is 18.4. The molecular weight excluding hydrogens is 322 g/mol. The van der Waals surface area contributed by atoms with Gasteiger partial charge in [0.15, 0.2) is 0 Å². The van der Waals surface area contributed by atoms with Gasteiger partial charge in [-0.1, -0.05) is 73.7 Å². The van der Waals surface area contributed by atoms with Crippen LogP contribution in [-0.2, 0) is 16.1 Å². The normalized spacial score (nSPS) is 11.9. The third-order valence-electron chi connectivity index (χ3n) is 4.61. The van der Waals surface area contributed by atoms with Crippen molar-refractivity contribution in [3.05, 3.63) is 78.4 Å². The van der Waals surface area contributed by atoms with Gasteiger partial charge in [-0.05, 0) is 23.9 Å². The van der Waals surface area contributed by atoms with Crippen LogP contribution in [0.3, 0.4) is 0 Å². The van der Waals surface area contributed by atoms with Crippen molar-refractivity contribution < 1.29 is 9.53 Å². The molecule has 0 bridgehead atoms. The van der Waals surface area contributed by atoms with Crippen LogP contribution in [0.5, 0.6) is 0 Å². The number of carbonyl (C=O) groups excluding carboxylic acids is 1. The molecule has 0 heterocycles. The Kier molecular flexibility index (Phi) is 5.90. The van der Waals surface area contributed by atoms with E-state index in [9.17, 15) is 4.79 Å². The molecule has 0 aliphatic heterocycles. The molecule has 3 aromatic carbocycles. The molecule has 134 valence electrons. The average molecular weight is 347 g/mol. The Morgan fingerprint density at radius 3 is 2.42 bits per heavy atom. The largest absolute Gasteiger partial charge is 0.461 e. The fraction of sp³-hybridized carbons (Fsp3) is 0.261. The Balaban J connectivity index is 1.68. The predicted octanol–water partition coefficient (Wildman–Crippen LogP) is 5.05. The molecule has 3 aromatic rings. The molecule has 3 nitrogen and oxygen atoms in total. The summed E-state index contributed by atoms with van der Waals surface area (Å²) >= 11 is 0. The number of carbonyl (C=O) groups is 1. The molecule has 3 rings (SSSR count). The molecule has 0 fully saturated rings. The number of hydrogen-bond acceptors (Lipinski definition) is 3. The van der Waals surface area contributed by atoms with Crippen LogP contribution in [0.25, 0.3) is 10.8 Å². The molecule has 0 N–H and O–H groups in total. The van der Waals surface area contributed by atoms with Crippen LogP contribution < -0.4 is 4.90 Å². The highest BCUT2D eigenvalue weighted by molar-refractivity contribution is 5.94. The summed E-state index contributed by atoms with van der Waals surface area (Å²) < 4.78 is 5.49. The van der Waals surface area contributed by atoms with E-state index in [2.05, 4.69) is 48.2 Å². The molecule has 0 amide bonds. The molecule has 0 aliphatic carbocycles. The Morgan fingerprint density at radius 1 is 0.962 bits per heavy atom. The van der Waals surface area contributed by atoms with Gasteiger partial charge >= 0.3 is 5.97 Å². The summed E-state index contributed by atoms with van der Waals surface area (Å²) in [7, 11) is 0. The van der Waals surface area contributed by atoms with E-state index in [0.29, 0.717) is 13.2 Å². The summed E-state index contributed by atoms with van der Waals surface area (Å²) in [4.78, 5) is 14.7. The number of benzene rings is 3. The van der Waals surface area contributed by atoms with Crippen molar-refractivity contribution in [2.45, 2.75) is 20.5 Å². The van der Waals surface area contributed by atoms with Gasteiger partial charge in [-0.3, -0.25) is 4.79 Å². The number of ether oxygens (including phenoxy) is 1. The Hall–Kier alpha value is -2.81. The summed E-state index contributed by atoms with van der Waals surface area (Å²) in [6, 6.07) is 24.4. The lowest BCUT2D eigenvalue weighted by atomic mass is 10.1. The maximum Gasteiger partial charge on any atom is 0.310 e. The maximum atomic E-state index is 12.4. The summed E-state index contributed by atoms with van der Waals surface area (Å²) in [5, 5.41) is 2.42. The maximum absolute atomic E-state index is 12.4. The van der Waals surface area contributed by atoms with Crippen LogP contribution in [0.15, 0.2) is 72.8 Å². The van der Waals surface area contributed by atoms with Crippen LogP contribution in [0.4, 0.5) is 5.69 Å². The van der Waals surface area contributed by atoms with Gasteiger partial charge in [0.2, 0.25) is 0 Å². The minimum absolute atomic E-state index is 0.160. The molecule has 0 aliphatic rings. The van der Waals surface area contributed by atoms with E-state index in [0.717, 1.165) is 17.8 Å². The molecule has 0 saturated heterocycles. The Bertz CT molecular complexity index is 855. The van der Waals surface area contributed by atoms with Crippen LogP contribution in [0.1, 0.15) is 19.4 Å². The number of hydrogen-bond donors (Lipinski definition) is 0. The number of fused-ring (bicyclic) bond motifs is 1. The highest BCUT2D eigenvalue weighted by Gasteiger charge is 2.19. The fourth-order valence-electron chi connectivity index (χ4n) is 3.16. The first kappa shape index (κ1) is 18.0. The lowest BCUT2D eigenvalue weighted by Gasteiger charge is -2.27. The molecular formula is C23H25NO2. The van der Waals surface area contributed by atoms with E-state index in [1.54, 1.807) is 0 Å². The van der Waals surface area contributed by atoms with E-state index >= 15 is 0 Å². The first-order valence-corrected chi connectivity index (χ1v) is 9.12. The van der Waals surface area contributed by atoms with Crippen molar-refractivity contribution in [3.8, 4) is 0 Å². The molecule has 1 unspecified atom stereocenters. The van der Waals surface area contributed by atoms with Gasteiger partial charge in [-0.25, -0.2) is 0 Å². The number of anilines is 1. The molecule has 0 aromatic heterocycles. The van der Waals surface area contributed by atoms with Gasteiger partial charge < -0.3 is 9.64 Å². The van der Waals surface area contributed by atoms with E-state index in [1.165, 1.54) is 10.8 Å². The first-order chi connectivity index (χ1) is 12.7. The Morgan fingerprint density at radius 2 is 1.65 bits per heavy atom. The second-order valence-electron chi connectivity index (χ2n) is 6.53. The SMILES string of the molecule is CCN(CC(C)C(=O)OCc1ccccc1)c1cccc2ccccc12. The van der Waals surface area contributed by atoms with Gasteiger partial charge in [0.05, 0.1) is 5.92 Å². The number of esters is 1. The minimum atomic E-state index is -0.197. The lowest BCUT2D eigenvalue weighted by Crippen LogP contribution is -2.32. The molecule has 0 spiro atoms. The quantitative estimate of drug-likeness (QED) is 0.560. The minimum Gasteiger partial charge on any atom is -0.461 e. The van der Waals surface area contributed by atoms with Gasteiger partial charge in [0.25, 0.3) is 0 Å². The molecule has 0 radical (unpaired) electrons. The second kappa shape index (κ2) is 8.52. The van der Waals surface area contributed by atoms with Crippen LogP contribution in [0, 0.1) is 5.92 Å². The van der Waals surface area contributed by atoms with Gasteiger partial charge in [0.1, 0.15) is 6.61 Å². The molecule has 3 heteroatoms. The summed E-state index contributed by atoms with van der Waals surface area (Å²) in [5.74, 6) is -0.356. The van der Waals surface area contributed by atoms with Gasteiger partial charge in [-0.15, -0.1) is 0 Å². The second-order valence-corrected chi connectivity index (χ2v) is 6.53. The molecule has 26 heavy (non-hydrogen) atoms. The monoisotopic (exact) mass is 347 g/mol. The van der Waals surface area contributed by atoms with Crippen molar-refractivity contribution in [3.63, 3.8) is 0 Å². The first-order valence-electron chi connectivity index (χ1n) is 9.12. The highest BCUT2D eigenvalue weighted by Crippen LogP contribution is 2.27. The molecule has 0 saturated carbocycles. The third-order valence-corrected chi connectivity index (χ3v) is 4.61. The third kappa shape index (κ3) is 4.23. The van der Waals surface area contributed by atoms with Crippen LogP contribution in [-0.4, -0.2) is 19.1 Å². The van der Waals surface area contributed by atoms with Crippen molar-refractivity contribution in [2.75, 3.05) is 18.0 Å². The molecule has 1 atom stereocenters. The summed E-state index contributed by atoms with van der Waals surface area (Å²) in [6.45, 7) is 5.85. The van der Waals surface area contributed by atoms with E-state index in [-0.39, 0.29) is 11.9 Å². The zero-order valence-corrected chi connectivity index (χ0v) is 15.4. The van der Waals surface area contributed by atoms with Gasteiger partial charge in [0, 0.05) is 24.2 Å². The summed E-state index contributed by atoms with van der Waals surface area (Å²) in [5.41, 5.74) is 2.17. The lowest BCUT2D eigenvalue weighted by molar-refractivity contribution is -0.148. The summed E-state index contributed by atoms with van der Waals surface area (Å²) in [6.07, 6.45) is 0. The zero-order valence-electron chi connectivity index (χ0n) is 15.4. The van der Waals surface area contributed by atoms with Crippen molar-refractivity contribution in [1.82, 2.24) is 0 Å². The van der Waals surface area contributed by atoms with Crippen LogP contribution in [0.2, 0.25) is 0 Å². The standard InChI is InChI=1S/C23H25NO2/c1-3-24(22-15-9-13-20-12-7-8-14-21(20)22)16-18(2)23(25)26-17-19-10-5-4-6-11-19/h4-15,18H,3,16-17H2,1-2H3. The van der Waals surface area contributed by atoms with Crippen molar-refractivity contribution in [2.24, 2.45) is 5.92 Å². The number of nitrogens with zero attached hydrogens (tertiary/aromatic N) is 1. The topological polar surface area (TPSA) is 29.5 Å². The van der Waals surface area contributed by atoms with Crippen molar-refractivity contribution in [1.29, 1.82) is 0 Å². The Labute approximate surface area is 155 Å². The van der Waals surface area contributed by atoms with E-state index in [4.69, 9.17) is 4.74 Å². The van der Waals surface area contributed by atoms with Gasteiger partial charge in [-0.2, -0.15) is 0 Å². The fourth-order valence-corrected chi connectivity index (χ4v) is 3.16. The highest BCUT2D eigenvalue weighted by atomic mass is 16.5. The van der Waals surface area contributed by atoms with Crippen molar-refractivity contribution >= 4 is 22.4 Å².